The summed E-state index contributed by atoms with van der Waals surface area (Å²) in [6.45, 7) is 1.11. The summed E-state index contributed by atoms with van der Waals surface area (Å²) < 4.78 is 26.8. The van der Waals surface area contributed by atoms with Crippen molar-refractivity contribution in [2.75, 3.05) is 38.1 Å². The molecule has 0 aliphatic carbocycles. The minimum atomic E-state index is -0.646. The van der Waals surface area contributed by atoms with Gasteiger partial charge in [-0.15, -0.1) is 0 Å². The molecule has 1 fully saturated rings. The van der Waals surface area contributed by atoms with E-state index in [-0.39, 0.29) is 32.2 Å². The third-order valence-electron chi connectivity index (χ3n) is 5.57. The number of ether oxygens (including phenoxy) is 5. The van der Waals surface area contributed by atoms with Crippen molar-refractivity contribution >= 4 is 23.5 Å². The summed E-state index contributed by atoms with van der Waals surface area (Å²) in [5, 5.41) is 2.69. The van der Waals surface area contributed by atoms with E-state index >= 15 is 0 Å². The highest BCUT2D eigenvalue weighted by Crippen LogP contribution is 2.36. The van der Waals surface area contributed by atoms with Gasteiger partial charge in [0.05, 0.1) is 5.92 Å². The number of carbonyl (C=O) groups is 3. The third-order valence-corrected chi connectivity index (χ3v) is 5.57. The van der Waals surface area contributed by atoms with Crippen LogP contribution in [0.4, 0.5) is 5.69 Å². The van der Waals surface area contributed by atoms with Crippen molar-refractivity contribution in [3.63, 3.8) is 0 Å². The van der Waals surface area contributed by atoms with Gasteiger partial charge in [-0.05, 0) is 29.8 Å². The quantitative estimate of drug-likeness (QED) is 0.652. The van der Waals surface area contributed by atoms with Crippen LogP contribution in [0.2, 0.25) is 0 Å². The molecule has 2 aromatic rings. The molecule has 5 rings (SSSR count). The molecule has 0 spiro atoms. The molecule has 0 saturated carbocycles. The Morgan fingerprint density at radius 2 is 1.70 bits per heavy atom. The van der Waals surface area contributed by atoms with Crippen LogP contribution in [-0.2, 0) is 25.7 Å². The van der Waals surface area contributed by atoms with Gasteiger partial charge in [0.25, 0.3) is 5.91 Å². The third kappa shape index (κ3) is 4.50. The van der Waals surface area contributed by atoms with Gasteiger partial charge in [-0.2, -0.15) is 0 Å². The lowest BCUT2D eigenvalue weighted by Gasteiger charge is -2.22. The molecule has 33 heavy (non-hydrogen) atoms. The Labute approximate surface area is 189 Å². The molecule has 2 amide bonds. The molecule has 0 unspecified atom stereocenters. The molecule has 172 valence electrons. The Hall–Kier alpha value is -3.95. The number of benzene rings is 2. The van der Waals surface area contributed by atoms with E-state index in [4.69, 9.17) is 23.7 Å². The zero-order valence-electron chi connectivity index (χ0n) is 17.7. The van der Waals surface area contributed by atoms with Gasteiger partial charge in [0, 0.05) is 31.3 Å². The van der Waals surface area contributed by atoms with Gasteiger partial charge in [-0.1, -0.05) is 6.07 Å². The second-order valence-corrected chi connectivity index (χ2v) is 7.81. The van der Waals surface area contributed by atoms with Crippen molar-refractivity contribution in [3.05, 3.63) is 42.0 Å². The summed E-state index contributed by atoms with van der Waals surface area (Å²) >= 11 is 0. The topological polar surface area (TPSA) is 113 Å². The Kier molecular flexibility index (Phi) is 5.64. The van der Waals surface area contributed by atoms with Crippen molar-refractivity contribution < 1.29 is 38.1 Å². The van der Waals surface area contributed by atoms with Crippen LogP contribution in [-0.4, -0.2) is 50.9 Å². The van der Waals surface area contributed by atoms with Gasteiger partial charge in [-0.3, -0.25) is 14.4 Å². The van der Waals surface area contributed by atoms with Crippen LogP contribution in [0.25, 0.3) is 0 Å². The molecule has 1 N–H and O–H groups in total. The average Bonchev–Trinajstić information content (AvgIpc) is 3.47. The van der Waals surface area contributed by atoms with Crippen molar-refractivity contribution in [1.29, 1.82) is 0 Å². The number of hydrogen-bond donors (Lipinski definition) is 1. The summed E-state index contributed by atoms with van der Waals surface area (Å²) in [7, 11) is 0. The first-order chi connectivity index (χ1) is 16.1. The monoisotopic (exact) mass is 454 g/mol. The lowest BCUT2D eigenvalue weighted by atomic mass is 10.1. The van der Waals surface area contributed by atoms with E-state index in [2.05, 4.69) is 5.32 Å². The maximum absolute atomic E-state index is 12.5. The number of amides is 2. The Morgan fingerprint density at radius 1 is 0.970 bits per heavy atom. The number of nitrogens with zero attached hydrogens (tertiary/aromatic N) is 1. The van der Waals surface area contributed by atoms with Gasteiger partial charge >= 0.3 is 5.97 Å². The maximum Gasteiger partial charge on any atom is 0.311 e. The standard InChI is InChI=1S/C23H22N2O8/c26-21(24-10-14-1-3-18-19(7-14)33-13-32-18)12-31-23(28)15-8-22(27)25(11-15)16-2-4-17-20(9-16)30-6-5-29-17/h1-4,7,9,15H,5-6,8,10-13H2,(H,24,26)/t15-/m1/s1. The molecule has 1 atom stereocenters. The molecule has 10 nitrogen and oxygen atoms in total. The van der Waals surface area contributed by atoms with E-state index in [1.165, 1.54) is 4.90 Å². The fourth-order valence-corrected chi connectivity index (χ4v) is 3.87. The van der Waals surface area contributed by atoms with Crippen LogP contribution in [0.3, 0.4) is 0 Å². The van der Waals surface area contributed by atoms with Crippen LogP contribution in [0.15, 0.2) is 36.4 Å². The molecule has 0 radical (unpaired) electrons. The van der Waals surface area contributed by atoms with E-state index in [0.29, 0.717) is 41.9 Å². The van der Waals surface area contributed by atoms with Gasteiger partial charge in [0.15, 0.2) is 29.6 Å². The zero-order chi connectivity index (χ0) is 22.8. The van der Waals surface area contributed by atoms with Crippen LogP contribution in [0, 0.1) is 5.92 Å². The number of carbonyl (C=O) groups excluding carboxylic acids is 3. The number of anilines is 1. The molecule has 3 aliphatic rings. The highest BCUT2D eigenvalue weighted by molar-refractivity contribution is 6.00. The molecule has 0 bridgehead atoms. The number of rotatable bonds is 6. The lowest BCUT2D eigenvalue weighted by Crippen LogP contribution is -2.31. The zero-order valence-corrected chi connectivity index (χ0v) is 17.7. The number of nitrogens with one attached hydrogen (secondary N) is 1. The number of fused-ring (bicyclic) bond motifs is 2. The SMILES string of the molecule is O=C(COC(=O)[C@@H]1CC(=O)N(c2ccc3c(c2)OCCO3)C1)NCc1ccc2c(c1)OCO2. The van der Waals surface area contributed by atoms with Crippen LogP contribution >= 0.6 is 0 Å². The predicted octanol–water partition coefficient (Wildman–Crippen LogP) is 1.40. The predicted molar refractivity (Wildman–Crippen MR) is 113 cm³/mol. The first kappa shape index (κ1) is 20.9. The average molecular weight is 454 g/mol. The minimum absolute atomic E-state index is 0.0199. The highest BCUT2D eigenvalue weighted by atomic mass is 16.7. The number of esters is 1. The second-order valence-electron chi connectivity index (χ2n) is 7.81. The van der Waals surface area contributed by atoms with E-state index in [9.17, 15) is 14.4 Å². The van der Waals surface area contributed by atoms with Crippen LogP contribution in [0.1, 0.15) is 12.0 Å². The Balaban J connectivity index is 1.11. The van der Waals surface area contributed by atoms with Gasteiger partial charge < -0.3 is 33.9 Å². The molecule has 2 aromatic carbocycles. The first-order valence-electron chi connectivity index (χ1n) is 10.6. The van der Waals surface area contributed by atoms with Gasteiger partial charge in [0.2, 0.25) is 12.7 Å². The normalized spacial score (nSPS) is 18.2. The summed E-state index contributed by atoms with van der Waals surface area (Å²) in [5.41, 5.74) is 1.46. The van der Waals surface area contributed by atoms with Gasteiger partial charge in [0.1, 0.15) is 13.2 Å². The molecule has 3 heterocycles. The van der Waals surface area contributed by atoms with E-state index in [1.54, 1.807) is 30.3 Å². The van der Waals surface area contributed by atoms with Crippen molar-refractivity contribution in [2.45, 2.75) is 13.0 Å². The largest absolute Gasteiger partial charge is 0.486 e. The fraction of sp³-hybridized carbons (Fsp3) is 0.348. The van der Waals surface area contributed by atoms with Crippen molar-refractivity contribution in [1.82, 2.24) is 5.32 Å². The van der Waals surface area contributed by atoms with Crippen LogP contribution < -0.4 is 29.2 Å². The lowest BCUT2D eigenvalue weighted by molar-refractivity contribution is -0.152. The molecule has 1 saturated heterocycles. The Bertz CT molecular complexity index is 1100. The van der Waals surface area contributed by atoms with E-state index in [1.807, 2.05) is 6.07 Å². The minimum Gasteiger partial charge on any atom is -0.486 e. The second kappa shape index (κ2) is 8.89. The Morgan fingerprint density at radius 3 is 2.58 bits per heavy atom. The first-order valence-corrected chi connectivity index (χ1v) is 10.6. The fourth-order valence-electron chi connectivity index (χ4n) is 3.87. The summed E-state index contributed by atoms with van der Waals surface area (Å²) in [5.74, 6) is 0.622. The molecule has 10 heteroatoms. The summed E-state index contributed by atoms with van der Waals surface area (Å²) in [4.78, 5) is 38.6. The summed E-state index contributed by atoms with van der Waals surface area (Å²) in [6.07, 6.45) is 0.0199. The van der Waals surface area contributed by atoms with E-state index in [0.717, 1.165) is 5.56 Å². The van der Waals surface area contributed by atoms with Gasteiger partial charge in [-0.25, -0.2) is 0 Å². The maximum atomic E-state index is 12.5. The molecular weight excluding hydrogens is 432 g/mol. The molecule has 3 aliphatic heterocycles. The highest BCUT2D eigenvalue weighted by Gasteiger charge is 2.36. The van der Waals surface area contributed by atoms with Crippen molar-refractivity contribution in [3.8, 4) is 23.0 Å². The van der Waals surface area contributed by atoms with Crippen LogP contribution in [0.5, 0.6) is 23.0 Å². The smallest absolute Gasteiger partial charge is 0.311 e. The number of hydrogen-bond acceptors (Lipinski definition) is 8. The van der Waals surface area contributed by atoms with E-state index < -0.39 is 24.4 Å². The molecular formula is C23H22N2O8. The van der Waals surface area contributed by atoms with Crippen molar-refractivity contribution in [2.24, 2.45) is 5.92 Å². The summed E-state index contributed by atoms with van der Waals surface area (Å²) in [6, 6.07) is 10.6. The molecule has 0 aromatic heterocycles.